The number of nitrogens with one attached hydrogen (secondary N) is 1. The number of rotatable bonds is 4. The first kappa shape index (κ1) is 16.1. The van der Waals surface area contributed by atoms with Crippen molar-refractivity contribution in [1.82, 2.24) is 4.90 Å². The highest BCUT2D eigenvalue weighted by molar-refractivity contribution is 6.31. The summed E-state index contributed by atoms with van der Waals surface area (Å²) in [7, 11) is 0. The minimum absolute atomic E-state index is 0.0830. The third-order valence-electron chi connectivity index (χ3n) is 3.87. The van der Waals surface area contributed by atoms with Gasteiger partial charge in [-0.25, -0.2) is 0 Å². The molecule has 0 spiro atoms. The molecular weight excluding hydrogens is 330 g/mol. The van der Waals surface area contributed by atoms with Crippen LogP contribution >= 0.6 is 11.6 Å². The number of anilines is 1. The fourth-order valence-corrected chi connectivity index (χ4v) is 2.78. The van der Waals surface area contributed by atoms with Gasteiger partial charge in [0.2, 0.25) is 11.8 Å². The van der Waals surface area contributed by atoms with Crippen molar-refractivity contribution in [3.05, 3.63) is 52.9 Å². The standard InChI is InChI=1S/C17H14ClN3O3/c18-15-4-3-13(6-11(15)8-19)20-17(23)12-7-16(22)21(9-12)10-14-2-1-5-24-14/h1-6,12H,7,9-10H2,(H,20,23). The fraction of sp³-hybridized carbons (Fsp3) is 0.235. The number of hydrogen-bond acceptors (Lipinski definition) is 4. The summed E-state index contributed by atoms with van der Waals surface area (Å²) in [6, 6.07) is 10.2. The number of nitrogens with zero attached hydrogens (tertiary/aromatic N) is 2. The Balaban J connectivity index is 1.64. The zero-order valence-electron chi connectivity index (χ0n) is 12.7. The van der Waals surface area contributed by atoms with Crippen molar-refractivity contribution in [1.29, 1.82) is 5.26 Å². The molecule has 6 nitrogen and oxygen atoms in total. The predicted molar refractivity (Wildman–Crippen MR) is 87.0 cm³/mol. The van der Waals surface area contributed by atoms with Crippen LogP contribution in [0.1, 0.15) is 17.7 Å². The van der Waals surface area contributed by atoms with Gasteiger partial charge in [0.1, 0.15) is 11.8 Å². The summed E-state index contributed by atoms with van der Waals surface area (Å²) in [6.07, 6.45) is 1.71. The molecule has 0 saturated carbocycles. The van der Waals surface area contributed by atoms with Crippen molar-refractivity contribution < 1.29 is 14.0 Å². The smallest absolute Gasteiger partial charge is 0.229 e. The Kier molecular flexibility index (Phi) is 4.54. The van der Waals surface area contributed by atoms with Gasteiger partial charge in [-0.15, -0.1) is 0 Å². The number of furan rings is 1. The molecule has 2 heterocycles. The van der Waals surface area contributed by atoms with Crippen LogP contribution in [0.3, 0.4) is 0 Å². The van der Waals surface area contributed by atoms with Crippen LogP contribution in [0.25, 0.3) is 0 Å². The Bertz CT molecular complexity index is 811. The van der Waals surface area contributed by atoms with E-state index in [2.05, 4.69) is 5.32 Å². The molecule has 0 radical (unpaired) electrons. The van der Waals surface area contributed by atoms with E-state index in [1.807, 2.05) is 6.07 Å². The second-order valence-corrected chi connectivity index (χ2v) is 5.96. The van der Waals surface area contributed by atoms with Crippen molar-refractivity contribution in [3.63, 3.8) is 0 Å². The molecule has 2 aromatic rings. The molecule has 1 N–H and O–H groups in total. The second-order valence-electron chi connectivity index (χ2n) is 5.55. The number of carbonyl (C=O) groups excluding carboxylic acids is 2. The Morgan fingerprint density at radius 2 is 2.29 bits per heavy atom. The topological polar surface area (TPSA) is 86.3 Å². The van der Waals surface area contributed by atoms with E-state index in [0.717, 1.165) is 0 Å². The lowest BCUT2D eigenvalue weighted by Crippen LogP contribution is -2.27. The van der Waals surface area contributed by atoms with Crippen LogP contribution in [0.2, 0.25) is 5.02 Å². The maximum atomic E-state index is 12.4. The van der Waals surface area contributed by atoms with E-state index in [-0.39, 0.29) is 23.8 Å². The number of amides is 2. The summed E-state index contributed by atoms with van der Waals surface area (Å²) in [5.74, 6) is -0.0914. The van der Waals surface area contributed by atoms with Crippen molar-refractivity contribution >= 4 is 29.1 Å². The largest absolute Gasteiger partial charge is 0.467 e. The molecule has 1 aromatic heterocycles. The molecule has 1 aromatic carbocycles. The van der Waals surface area contributed by atoms with Gasteiger partial charge in [0.25, 0.3) is 0 Å². The molecular formula is C17H14ClN3O3. The molecule has 1 atom stereocenters. The molecule has 1 saturated heterocycles. The number of hydrogen-bond donors (Lipinski definition) is 1. The van der Waals surface area contributed by atoms with Crippen LogP contribution in [0.4, 0.5) is 5.69 Å². The lowest BCUT2D eigenvalue weighted by Gasteiger charge is -2.15. The van der Waals surface area contributed by atoms with Crippen molar-refractivity contribution in [2.24, 2.45) is 5.92 Å². The maximum absolute atomic E-state index is 12.4. The normalized spacial score (nSPS) is 16.9. The van der Waals surface area contributed by atoms with Crippen LogP contribution in [0.5, 0.6) is 0 Å². The Morgan fingerprint density at radius 1 is 1.46 bits per heavy atom. The molecule has 3 rings (SSSR count). The van der Waals surface area contributed by atoms with Crippen molar-refractivity contribution in [2.45, 2.75) is 13.0 Å². The number of nitriles is 1. The second kappa shape index (κ2) is 6.77. The Hall–Kier alpha value is -2.78. The van der Waals surface area contributed by atoms with E-state index in [9.17, 15) is 9.59 Å². The Labute approximate surface area is 143 Å². The first-order valence-electron chi connectivity index (χ1n) is 7.37. The van der Waals surface area contributed by atoms with Gasteiger partial charge in [-0.1, -0.05) is 11.6 Å². The van der Waals surface area contributed by atoms with E-state index >= 15 is 0 Å². The third-order valence-corrected chi connectivity index (χ3v) is 4.20. The van der Waals surface area contributed by atoms with Crippen molar-refractivity contribution in [2.75, 3.05) is 11.9 Å². The first-order chi connectivity index (χ1) is 11.6. The van der Waals surface area contributed by atoms with Gasteiger partial charge in [0, 0.05) is 18.7 Å². The lowest BCUT2D eigenvalue weighted by molar-refractivity contribution is -0.128. The van der Waals surface area contributed by atoms with Gasteiger partial charge in [-0.2, -0.15) is 5.26 Å². The fourth-order valence-electron chi connectivity index (χ4n) is 2.62. The van der Waals surface area contributed by atoms with E-state index < -0.39 is 5.92 Å². The summed E-state index contributed by atoms with van der Waals surface area (Å²) in [4.78, 5) is 26.0. The lowest BCUT2D eigenvalue weighted by atomic mass is 10.1. The first-order valence-corrected chi connectivity index (χ1v) is 7.75. The van der Waals surface area contributed by atoms with Gasteiger partial charge in [0.05, 0.1) is 29.3 Å². The molecule has 1 aliphatic rings. The summed E-state index contributed by atoms with van der Waals surface area (Å²) >= 11 is 5.87. The van der Waals surface area contributed by atoms with Crippen LogP contribution in [0.15, 0.2) is 41.0 Å². The highest BCUT2D eigenvalue weighted by Crippen LogP contribution is 2.24. The van der Waals surface area contributed by atoms with Gasteiger partial charge in [-0.3, -0.25) is 9.59 Å². The molecule has 0 bridgehead atoms. The molecule has 1 fully saturated rings. The number of benzene rings is 1. The van der Waals surface area contributed by atoms with Crippen LogP contribution in [0, 0.1) is 17.2 Å². The zero-order chi connectivity index (χ0) is 17.1. The van der Waals surface area contributed by atoms with E-state index in [1.54, 1.807) is 35.4 Å². The molecule has 0 aliphatic carbocycles. The minimum Gasteiger partial charge on any atom is -0.467 e. The zero-order valence-corrected chi connectivity index (χ0v) is 13.4. The SMILES string of the molecule is N#Cc1cc(NC(=O)C2CC(=O)N(Cc3ccco3)C2)ccc1Cl. The maximum Gasteiger partial charge on any atom is 0.229 e. The molecule has 1 unspecified atom stereocenters. The molecule has 24 heavy (non-hydrogen) atoms. The highest BCUT2D eigenvalue weighted by atomic mass is 35.5. The quantitative estimate of drug-likeness (QED) is 0.924. The minimum atomic E-state index is -0.436. The van der Waals surface area contributed by atoms with Crippen LogP contribution in [-0.4, -0.2) is 23.3 Å². The molecule has 2 amide bonds. The number of likely N-dealkylation sites (tertiary alicyclic amines) is 1. The Morgan fingerprint density at radius 3 is 3.00 bits per heavy atom. The molecule has 1 aliphatic heterocycles. The molecule has 122 valence electrons. The predicted octanol–water partition coefficient (Wildman–Crippen LogP) is 2.79. The van der Waals surface area contributed by atoms with Gasteiger partial charge in [-0.05, 0) is 30.3 Å². The molecule has 7 heteroatoms. The highest BCUT2D eigenvalue weighted by Gasteiger charge is 2.34. The van der Waals surface area contributed by atoms with Crippen LogP contribution < -0.4 is 5.32 Å². The van der Waals surface area contributed by atoms with E-state index in [4.69, 9.17) is 21.3 Å². The number of halogens is 1. The summed E-state index contributed by atoms with van der Waals surface area (Å²) in [6.45, 7) is 0.694. The monoisotopic (exact) mass is 343 g/mol. The average molecular weight is 344 g/mol. The van der Waals surface area contributed by atoms with E-state index in [0.29, 0.717) is 29.6 Å². The van der Waals surface area contributed by atoms with Gasteiger partial charge in [0.15, 0.2) is 0 Å². The number of carbonyl (C=O) groups is 2. The van der Waals surface area contributed by atoms with Gasteiger partial charge >= 0.3 is 0 Å². The average Bonchev–Trinajstić information content (AvgIpc) is 3.20. The van der Waals surface area contributed by atoms with Gasteiger partial charge < -0.3 is 14.6 Å². The summed E-state index contributed by atoms with van der Waals surface area (Å²) in [5, 5.41) is 12.0. The van der Waals surface area contributed by atoms with Crippen LogP contribution in [-0.2, 0) is 16.1 Å². The summed E-state index contributed by atoms with van der Waals surface area (Å²) in [5.41, 5.74) is 0.772. The summed E-state index contributed by atoms with van der Waals surface area (Å²) < 4.78 is 5.23. The van der Waals surface area contributed by atoms with E-state index in [1.165, 1.54) is 6.07 Å². The van der Waals surface area contributed by atoms with Crippen molar-refractivity contribution in [3.8, 4) is 6.07 Å². The third kappa shape index (κ3) is 3.42.